The molecule has 2 aromatic heterocycles. The Hall–Kier alpha value is -4.52. The molecule has 0 aliphatic heterocycles. The van der Waals surface area contributed by atoms with E-state index in [0.717, 1.165) is 16.5 Å². The lowest BCUT2D eigenvalue weighted by Gasteiger charge is -2.11. The van der Waals surface area contributed by atoms with Crippen LogP contribution < -0.4 is 10.9 Å². The van der Waals surface area contributed by atoms with Crippen LogP contribution >= 0.6 is 0 Å². The fraction of sp³-hybridized carbons (Fsp3) is 0.107. The number of carbonyl (C=O) groups excluding carboxylic acids is 1. The molecule has 0 saturated heterocycles. The molecule has 0 spiro atoms. The Bertz CT molecular complexity index is 1560. The third-order valence-electron chi connectivity index (χ3n) is 5.78. The van der Waals surface area contributed by atoms with Crippen molar-refractivity contribution < 1.29 is 9.18 Å². The molecule has 1 amide bonds. The molecule has 0 fully saturated rings. The van der Waals surface area contributed by atoms with Crippen molar-refractivity contribution in [2.24, 2.45) is 0 Å². The average molecular weight is 467 g/mol. The molecule has 5 rings (SSSR count). The van der Waals surface area contributed by atoms with Crippen LogP contribution in [0.2, 0.25) is 0 Å². The Morgan fingerprint density at radius 1 is 0.886 bits per heavy atom. The Morgan fingerprint density at radius 3 is 2.57 bits per heavy atom. The summed E-state index contributed by atoms with van der Waals surface area (Å²) >= 11 is 0. The molecule has 0 radical (unpaired) electrons. The lowest BCUT2D eigenvalue weighted by molar-refractivity contribution is -0.116. The summed E-state index contributed by atoms with van der Waals surface area (Å²) in [6.07, 6.45) is 2.84. The van der Waals surface area contributed by atoms with E-state index in [1.165, 1.54) is 22.9 Å². The minimum Gasteiger partial charge on any atom is -0.326 e. The predicted molar refractivity (Wildman–Crippen MR) is 134 cm³/mol. The summed E-state index contributed by atoms with van der Waals surface area (Å²) in [5, 5.41) is 8.30. The number of hydrogen-bond acceptors (Lipinski definition) is 3. The van der Waals surface area contributed by atoms with Crippen LogP contribution in [-0.2, 0) is 17.8 Å². The van der Waals surface area contributed by atoms with E-state index in [1.807, 2.05) is 60.7 Å². The van der Waals surface area contributed by atoms with Crippen LogP contribution in [0, 0.1) is 5.82 Å². The van der Waals surface area contributed by atoms with E-state index in [9.17, 15) is 14.0 Å². The molecule has 0 bridgehead atoms. The van der Waals surface area contributed by atoms with Gasteiger partial charge in [0.15, 0.2) is 5.82 Å². The van der Waals surface area contributed by atoms with Crippen LogP contribution in [-0.4, -0.2) is 20.3 Å². The third kappa shape index (κ3) is 5.19. The molecular weight excluding hydrogens is 443 g/mol. The fourth-order valence-electron chi connectivity index (χ4n) is 4.03. The van der Waals surface area contributed by atoms with E-state index in [1.54, 1.807) is 22.9 Å². The summed E-state index contributed by atoms with van der Waals surface area (Å²) in [6, 6.07) is 26.7. The van der Waals surface area contributed by atoms with Crippen molar-refractivity contribution in [1.82, 2.24) is 14.3 Å². The zero-order valence-electron chi connectivity index (χ0n) is 18.9. The summed E-state index contributed by atoms with van der Waals surface area (Å²) in [6.45, 7) is 0.230. The first-order valence-corrected chi connectivity index (χ1v) is 11.3. The Labute approximate surface area is 201 Å². The van der Waals surface area contributed by atoms with Gasteiger partial charge in [0.1, 0.15) is 5.82 Å². The van der Waals surface area contributed by atoms with Crippen LogP contribution in [0.1, 0.15) is 17.5 Å². The van der Waals surface area contributed by atoms with Gasteiger partial charge in [-0.15, -0.1) is 0 Å². The number of anilines is 1. The minimum atomic E-state index is -0.339. The highest BCUT2D eigenvalue weighted by atomic mass is 19.1. The van der Waals surface area contributed by atoms with E-state index in [0.29, 0.717) is 29.9 Å². The van der Waals surface area contributed by atoms with Gasteiger partial charge in [-0.3, -0.25) is 14.2 Å². The monoisotopic (exact) mass is 466 g/mol. The van der Waals surface area contributed by atoms with Gasteiger partial charge in [-0.25, -0.2) is 9.07 Å². The number of hydrogen-bond donors (Lipinski definition) is 1. The summed E-state index contributed by atoms with van der Waals surface area (Å²) in [5.74, 6) is 0.0963. The molecule has 0 unspecified atom stereocenters. The molecule has 1 N–H and O–H groups in total. The molecule has 0 atom stereocenters. The maximum absolute atomic E-state index is 13.8. The normalized spacial score (nSPS) is 11.0. The van der Waals surface area contributed by atoms with Gasteiger partial charge in [-0.05, 0) is 60.0 Å². The lowest BCUT2D eigenvalue weighted by Crippen LogP contribution is -2.24. The van der Waals surface area contributed by atoms with Crippen molar-refractivity contribution in [1.29, 1.82) is 0 Å². The Morgan fingerprint density at radius 2 is 1.71 bits per heavy atom. The molecule has 7 heteroatoms. The molecule has 6 nitrogen and oxygen atoms in total. The largest absolute Gasteiger partial charge is 0.326 e. The number of carbonyl (C=O) groups is 1. The van der Waals surface area contributed by atoms with Gasteiger partial charge in [0.05, 0.1) is 12.1 Å². The van der Waals surface area contributed by atoms with Crippen molar-refractivity contribution in [3.05, 3.63) is 124 Å². The first-order valence-electron chi connectivity index (χ1n) is 11.3. The van der Waals surface area contributed by atoms with Crippen molar-refractivity contribution in [2.45, 2.75) is 19.4 Å². The number of aromatic nitrogens is 3. The van der Waals surface area contributed by atoms with Crippen molar-refractivity contribution >= 4 is 22.5 Å². The molecular formula is C28H23FN4O2. The van der Waals surface area contributed by atoms with Crippen LogP contribution in [0.15, 0.2) is 102 Å². The third-order valence-corrected chi connectivity index (χ3v) is 5.78. The van der Waals surface area contributed by atoms with Gasteiger partial charge in [-0.2, -0.15) is 5.10 Å². The van der Waals surface area contributed by atoms with Gasteiger partial charge in [0, 0.05) is 29.8 Å². The Balaban J connectivity index is 1.32. The molecule has 3 aromatic carbocycles. The van der Waals surface area contributed by atoms with Crippen LogP contribution in [0.4, 0.5) is 10.1 Å². The van der Waals surface area contributed by atoms with Gasteiger partial charge in [-0.1, -0.05) is 42.5 Å². The van der Waals surface area contributed by atoms with Crippen molar-refractivity contribution in [3.8, 4) is 5.82 Å². The maximum Gasteiger partial charge on any atom is 0.267 e. The predicted octanol–water partition coefficient (Wildman–Crippen LogP) is 4.95. The zero-order valence-corrected chi connectivity index (χ0v) is 18.9. The highest BCUT2D eigenvalue weighted by molar-refractivity contribution is 5.90. The van der Waals surface area contributed by atoms with Crippen molar-refractivity contribution in [3.63, 3.8) is 0 Å². The van der Waals surface area contributed by atoms with Crippen LogP contribution in [0.25, 0.3) is 16.7 Å². The molecule has 5 aromatic rings. The summed E-state index contributed by atoms with van der Waals surface area (Å²) in [4.78, 5) is 24.9. The molecule has 0 aliphatic rings. The van der Waals surface area contributed by atoms with E-state index < -0.39 is 0 Å². The lowest BCUT2D eigenvalue weighted by atomic mass is 10.1. The quantitative estimate of drug-likeness (QED) is 0.369. The highest BCUT2D eigenvalue weighted by Crippen LogP contribution is 2.20. The number of amides is 1. The number of halogens is 1. The topological polar surface area (TPSA) is 68.9 Å². The second-order valence-electron chi connectivity index (χ2n) is 8.31. The van der Waals surface area contributed by atoms with Crippen molar-refractivity contribution in [2.75, 3.05) is 5.32 Å². The van der Waals surface area contributed by atoms with Crippen LogP contribution in [0.5, 0.6) is 0 Å². The first kappa shape index (κ1) is 22.3. The van der Waals surface area contributed by atoms with Gasteiger partial charge < -0.3 is 5.32 Å². The van der Waals surface area contributed by atoms with E-state index in [4.69, 9.17) is 0 Å². The summed E-state index contributed by atoms with van der Waals surface area (Å²) < 4.78 is 16.9. The average Bonchev–Trinajstić information content (AvgIpc) is 3.28. The fourth-order valence-corrected chi connectivity index (χ4v) is 4.03. The number of aryl methyl sites for hydroxylation is 1. The molecule has 0 aliphatic carbocycles. The zero-order chi connectivity index (χ0) is 24.2. The molecule has 174 valence electrons. The summed E-state index contributed by atoms with van der Waals surface area (Å²) in [5.41, 5.74) is 3.01. The maximum atomic E-state index is 13.8. The van der Waals surface area contributed by atoms with Gasteiger partial charge >= 0.3 is 0 Å². The summed E-state index contributed by atoms with van der Waals surface area (Å²) in [7, 11) is 0. The molecule has 0 saturated carbocycles. The van der Waals surface area contributed by atoms with E-state index >= 15 is 0 Å². The van der Waals surface area contributed by atoms with Crippen LogP contribution in [0.3, 0.4) is 0 Å². The van der Waals surface area contributed by atoms with Gasteiger partial charge in [0.25, 0.3) is 5.56 Å². The number of nitrogens with one attached hydrogen (secondary N) is 1. The number of fused-ring (bicyclic) bond motifs is 1. The van der Waals surface area contributed by atoms with E-state index in [-0.39, 0.29) is 23.8 Å². The molecule has 2 heterocycles. The Kier molecular flexibility index (Phi) is 6.22. The van der Waals surface area contributed by atoms with E-state index in [2.05, 4.69) is 10.4 Å². The smallest absolute Gasteiger partial charge is 0.267 e. The number of nitrogens with zero attached hydrogens (tertiary/aromatic N) is 3. The standard InChI is InChI=1S/C28H23FN4O2/c29-23-11-10-22-15-16-32(25(22)18-23)26-12-14-28(35)33(31-26)19-21-7-4-8-24(17-21)30-27(34)13-9-20-5-2-1-3-6-20/h1-8,10-12,14-18H,9,13,19H2,(H,30,34). The minimum absolute atomic E-state index is 0.0741. The SMILES string of the molecule is O=C(CCc1ccccc1)Nc1cccc(Cn2nc(-n3ccc4ccc(F)cc43)ccc2=O)c1. The second-order valence-corrected chi connectivity index (χ2v) is 8.31. The second kappa shape index (κ2) is 9.77. The first-order chi connectivity index (χ1) is 17.0. The molecule has 35 heavy (non-hydrogen) atoms. The highest BCUT2D eigenvalue weighted by Gasteiger charge is 2.09. The number of benzene rings is 3. The number of rotatable bonds is 7. The van der Waals surface area contributed by atoms with Gasteiger partial charge in [0.2, 0.25) is 5.91 Å².